The van der Waals surface area contributed by atoms with Gasteiger partial charge in [-0.3, -0.25) is 9.59 Å². The lowest BCUT2D eigenvalue weighted by molar-refractivity contribution is -0.135. The Morgan fingerprint density at radius 2 is 1.96 bits per heavy atom. The standard InChI is InChI=1S/C19H28N2O4S/c1-16(21-12-6-5-11-19(21)23)14-20-18(22)15-26(24,25)13-7-10-17-8-3-2-4-9-17/h2-4,8-9,16H,5-7,10-15H2,1H3,(H,20,22)/t16-/m0/s1. The van der Waals surface area contributed by atoms with Crippen LogP contribution in [0.1, 0.15) is 38.2 Å². The Morgan fingerprint density at radius 1 is 1.23 bits per heavy atom. The van der Waals surface area contributed by atoms with Crippen molar-refractivity contribution in [2.45, 2.75) is 45.1 Å². The van der Waals surface area contributed by atoms with E-state index in [1.165, 1.54) is 0 Å². The molecule has 7 heteroatoms. The van der Waals surface area contributed by atoms with Gasteiger partial charge in [0.2, 0.25) is 11.8 Å². The number of aryl methyl sites for hydroxylation is 1. The summed E-state index contributed by atoms with van der Waals surface area (Å²) in [4.78, 5) is 25.6. The molecule has 1 fully saturated rings. The van der Waals surface area contributed by atoms with Crippen LogP contribution >= 0.6 is 0 Å². The number of nitrogens with one attached hydrogen (secondary N) is 1. The average Bonchev–Trinajstić information content (AvgIpc) is 2.60. The highest BCUT2D eigenvalue weighted by Gasteiger charge is 2.24. The number of sulfone groups is 1. The first-order valence-electron chi connectivity index (χ1n) is 9.18. The van der Waals surface area contributed by atoms with E-state index in [1.54, 1.807) is 4.90 Å². The Balaban J connectivity index is 1.71. The number of carbonyl (C=O) groups is 2. The summed E-state index contributed by atoms with van der Waals surface area (Å²) in [5.41, 5.74) is 1.09. The first-order chi connectivity index (χ1) is 12.4. The zero-order valence-corrected chi connectivity index (χ0v) is 16.1. The smallest absolute Gasteiger partial charge is 0.235 e. The largest absolute Gasteiger partial charge is 0.353 e. The minimum absolute atomic E-state index is 0.00449. The number of benzene rings is 1. The van der Waals surface area contributed by atoms with Crippen molar-refractivity contribution in [3.8, 4) is 0 Å². The highest BCUT2D eigenvalue weighted by molar-refractivity contribution is 7.92. The maximum Gasteiger partial charge on any atom is 0.235 e. The van der Waals surface area contributed by atoms with Crippen LogP contribution in [0.4, 0.5) is 0 Å². The van der Waals surface area contributed by atoms with E-state index in [0.29, 0.717) is 25.8 Å². The second-order valence-electron chi connectivity index (χ2n) is 6.88. The molecule has 0 aromatic heterocycles. The van der Waals surface area contributed by atoms with E-state index in [2.05, 4.69) is 5.32 Å². The predicted octanol–water partition coefficient (Wildman–Crippen LogP) is 1.55. The van der Waals surface area contributed by atoms with E-state index < -0.39 is 21.5 Å². The molecule has 0 spiro atoms. The number of hydrogen-bond donors (Lipinski definition) is 1. The lowest BCUT2D eigenvalue weighted by Gasteiger charge is -2.32. The van der Waals surface area contributed by atoms with Gasteiger partial charge in [-0.25, -0.2) is 8.42 Å². The van der Waals surface area contributed by atoms with Gasteiger partial charge in [-0.15, -0.1) is 0 Å². The zero-order chi connectivity index (χ0) is 19.0. The fourth-order valence-electron chi connectivity index (χ4n) is 3.13. The van der Waals surface area contributed by atoms with Crippen LogP contribution in [0.25, 0.3) is 0 Å². The summed E-state index contributed by atoms with van der Waals surface area (Å²) < 4.78 is 24.2. The Kier molecular flexibility index (Phi) is 7.63. The number of rotatable bonds is 9. The van der Waals surface area contributed by atoms with E-state index in [4.69, 9.17) is 0 Å². The Bertz CT molecular complexity index is 704. The van der Waals surface area contributed by atoms with Crippen LogP contribution in [0.2, 0.25) is 0 Å². The van der Waals surface area contributed by atoms with Gasteiger partial charge in [0, 0.05) is 25.6 Å². The van der Waals surface area contributed by atoms with Crippen LogP contribution < -0.4 is 5.32 Å². The Morgan fingerprint density at radius 3 is 2.65 bits per heavy atom. The second-order valence-corrected chi connectivity index (χ2v) is 9.06. The third kappa shape index (κ3) is 6.78. The molecule has 0 radical (unpaired) electrons. The molecule has 1 aliphatic rings. The van der Waals surface area contributed by atoms with Gasteiger partial charge in [0.1, 0.15) is 5.75 Å². The molecular formula is C19H28N2O4S. The quantitative estimate of drug-likeness (QED) is 0.705. The number of likely N-dealkylation sites (tertiary alicyclic amines) is 1. The molecule has 2 amide bonds. The molecule has 1 aliphatic heterocycles. The van der Waals surface area contributed by atoms with Crippen LogP contribution in [-0.2, 0) is 25.8 Å². The zero-order valence-electron chi connectivity index (χ0n) is 15.3. The number of amides is 2. The van der Waals surface area contributed by atoms with E-state index >= 15 is 0 Å². The summed E-state index contributed by atoms with van der Waals surface area (Å²) in [7, 11) is -3.43. The van der Waals surface area contributed by atoms with Gasteiger partial charge in [0.15, 0.2) is 9.84 Å². The SMILES string of the molecule is C[C@@H](CNC(=O)CS(=O)(=O)CCCc1ccccc1)N1CCCCC1=O. The van der Waals surface area contributed by atoms with Gasteiger partial charge in [-0.1, -0.05) is 30.3 Å². The van der Waals surface area contributed by atoms with Gasteiger partial charge < -0.3 is 10.2 Å². The molecule has 0 saturated carbocycles. The molecule has 6 nitrogen and oxygen atoms in total. The molecule has 1 N–H and O–H groups in total. The van der Waals surface area contributed by atoms with E-state index in [-0.39, 0.29) is 24.2 Å². The van der Waals surface area contributed by atoms with Crippen molar-refractivity contribution < 1.29 is 18.0 Å². The highest BCUT2D eigenvalue weighted by Crippen LogP contribution is 2.13. The summed E-state index contributed by atoms with van der Waals surface area (Å²) in [6.45, 7) is 2.86. The first-order valence-corrected chi connectivity index (χ1v) is 11.0. The second kappa shape index (κ2) is 9.71. The fourth-order valence-corrected chi connectivity index (χ4v) is 4.36. The molecule has 1 atom stereocenters. The van der Waals surface area contributed by atoms with Gasteiger partial charge in [0.25, 0.3) is 0 Å². The average molecular weight is 381 g/mol. The molecule has 1 heterocycles. The summed E-state index contributed by atoms with van der Waals surface area (Å²) in [6, 6.07) is 9.57. The summed E-state index contributed by atoms with van der Waals surface area (Å²) in [5, 5.41) is 2.65. The lowest BCUT2D eigenvalue weighted by Crippen LogP contribution is -2.48. The van der Waals surface area contributed by atoms with Crippen molar-refractivity contribution in [1.29, 1.82) is 0 Å². The summed E-state index contributed by atoms with van der Waals surface area (Å²) in [5.74, 6) is -0.898. The van der Waals surface area contributed by atoms with Gasteiger partial charge >= 0.3 is 0 Å². The maximum atomic E-state index is 12.1. The Labute approximate surface area is 155 Å². The minimum atomic E-state index is -3.43. The van der Waals surface area contributed by atoms with Gasteiger partial charge in [-0.05, 0) is 38.2 Å². The van der Waals surface area contributed by atoms with Crippen LogP contribution in [0, 0.1) is 0 Å². The van der Waals surface area contributed by atoms with E-state index in [9.17, 15) is 18.0 Å². The summed E-state index contributed by atoms with van der Waals surface area (Å²) in [6.07, 6.45) is 3.61. The van der Waals surface area contributed by atoms with Gasteiger partial charge in [-0.2, -0.15) is 0 Å². The van der Waals surface area contributed by atoms with E-state index in [1.807, 2.05) is 37.3 Å². The molecule has 26 heavy (non-hydrogen) atoms. The molecule has 1 saturated heterocycles. The van der Waals surface area contributed by atoms with Crippen molar-refractivity contribution in [3.05, 3.63) is 35.9 Å². The molecular weight excluding hydrogens is 352 g/mol. The normalized spacial score (nSPS) is 16.3. The molecule has 2 rings (SSSR count). The molecule has 1 aromatic rings. The van der Waals surface area contributed by atoms with Crippen molar-refractivity contribution in [3.63, 3.8) is 0 Å². The third-order valence-corrected chi connectivity index (χ3v) is 6.21. The minimum Gasteiger partial charge on any atom is -0.353 e. The van der Waals surface area contributed by atoms with Gasteiger partial charge in [0.05, 0.1) is 5.75 Å². The molecule has 0 bridgehead atoms. The van der Waals surface area contributed by atoms with Crippen LogP contribution in [-0.4, -0.2) is 55.8 Å². The topological polar surface area (TPSA) is 83.6 Å². The Hall–Kier alpha value is -1.89. The van der Waals surface area contributed by atoms with E-state index in [0.717, 1.165) is 18.4 Å². The number of carbonyl (C=O) groups excluding carboxylic acids is 2. The van der Waals surface area contributed by atoms with Crippen LogP contribution in [0.15, 0.2) is 30.3 Å². The first kappa shape index (κ1) is 20.4. The lowest BCUT2D eigenvalue weighted by atomic mass is 10.1. The number of piperidine rings is 1. The maximum absolute atomic E-state index is 12.1. The van der Waals surface area contributed by atoms with Crippen LogP contribution in [0.5, 0.6) is 0 Å². The molecule has 0 unspecified atom stereocenters. The van der Waals surface area contributed by atoms with Crippen molar-refractivity contribution >= 4 is 21.7 Å². The molecule has 144 valence electrons. The fraction of sp³-hybridized carbons (Fsp3) is 0.579. The summed E-state index contributed by atoms with van der Waals surface area (Å²) >= 11 is 0. The van der Waals surface area contributed by atoms with Crippen LogP contribution in [0.3, 0.4) is 0 Å². The van der Waals surface area contributed by atoms with Crippen molar-refractivity contribution in [2.75, 3.05) is 24.6 Å². The third-order valence-electron chi connectivity index (χ3n) is 4.60. The monoisotopic (exact) mass is 380 g/mol. The van der Waals surface area contributed by atoms with Crippen molar-refractivity contribution in [1.82, 2.24) is 10.2 Å². The molecule has 1 aromatic carbocycles. The highest BCUT2D eigenvalue weighted by atomic mass is 32.2. The van der Waals surface area contributed by atoms with Crippen molar-refractivity contribution in [2.24, 2.45) is 0 Å². The number of hydrogen-bond acceptors (Lipinski definition) is 4. The molecule has 0 aliphatic carbocycles. The number of nitrogens with zero attached hydrogens (tertiary/aromatic N) is 1. The predicted molar refractivity (Wildman–Crippen MR) is 101 cm³/mol.